The summed E-state index contributed by atoms with van der Waals surface area (Å²) in [6, 6.07) is 20.7. The number of hydrogen-bond donors (Lipinski definition) is 3. The molecule has 0 radical (unpaired) electrons. The van der Waals surface area contributed by atoms with Crippen molar-refractivity contribution in [3.8, 4) is 0 Å². The number of hydrogen-bond acceptors (Lipinski definition) is 5. The van der Waals surface area contributed by atoms with Crippen LogP contribution in [0.2, 0.25) is 0 Å². The zero-order chi connectivity index (χ0) is 17.3. The van der Waals surface area contributed by atoms with Gasteiger partial charge >= 0.3 is 0 Å². The molecule has 0 fully saturated rings. The quantitative estimate of drug-likeness (QED) is 0.589. The van der Waals surface area contributed by atoms with Gasteiger partial charge in [-0.2, -0.15) is 0 Å². The summed E-state index contributed by atoms with van der Waals surface area (Å²) in [6.45, 7) is 1.55. The van der Waals surface area contributed by atoms with Crippen molar-refractivity contribution in [3.63, 3.8) is 0 Å². The van der Waals surface area contributed by atoms with E-state index in [0.717, 1.165) is 25.9 Å². The molecule has 5 nitrogen and oxygen atoms in total. The van der Waals surface area contributed by atoms with Crippen LogP contribution in [0.5, 0.6) is 0 Å². The third kappa shape index (κ3) is 4.94. The predicted octanol–water partition coefficient (Wildman–Crippen LogP) is 3.37. The fraction of sp³-hybridized carbons (Fsp3) is 0.200. The van der Waals surface area contributed by atoms with Crippen molar-refractivity contribution < 1.29 is 0 Å². The van der Waals surface area contributed by atoms with Crippen LogP contribution in [0, 0.1) is 0 Å². The molecule has 0 spiro atoms. The molecule has 3 aromatic rings. The fourth-order valence-corrected chi connectivity index (χ4v) is 2.62. The first-order valence-electron chi connectivity index (χ1n) is 8.49. The molecule has 0 saturated carbocycles. The molecule has 1 heterocycles. The predicted molar refractivity (Wildman–Crippen MR) is 104 cm³/mol. The highest BCUT2D eigenvalue weighted by Gasteiger charge is 2.07. The van der Waals surface area contributed by atoms with Crippen LogP contribution in [0.25, 0.3) is 0 Å². The van der Waals surface area contributed by atoms with Crippen LogP contribution in [0.15, 0.2) is 67.0 Å². The molecule has 0 unspecified atom stereocenters. The zero-order valence-corrected chi connectivity index (χ0v) is 14.2. The summed E-state index contributed by atoms with van der Waals surface area (Å²) in [5.74, 6) is 1.35. The second-order valence-corrected chi connectivity index (χ2v) is 5.81. The first kappa shape index (κ1) is 16.8. The standard InChI is InChI=1S/C20H23N5/c21-18-19(22-13-11-16-7-3-1-4-8-16)24-15-25-20(18)23-14-12-17-9-5-2-6-10-17/h1-10,15H,11-14,21H2,(H2,22,23,24,25). The van der Waals surface area contributed by atoms with E-state index in [2.05, 4.69) is 44.9 Å². The summed E-state index contributed by atoms with van der Waals surface area (Å²) < 4.78 is 0. The van der Waals surface area contributed by atoms with Gasteiger partial charge in [0.15, 0.2) is 11.6 Å². The molecular formula is C20H23N5. The second kappa shape index (κ2) is 8.68. The van der Waals surface area contributed by atoms with Gasteiger partial charge in [0.1, 0.15) is 12.0 Å². The third-order valence-electron chi connectivity index (χ3n) is 3.98. The summed E-state index contributed by atoms with van der Waals surface area (Å²) in [6.07, 6.45) is 3.37. The van der Waals surface area contributed by atoms with E-state index in [4.69, 9.17) is 5.73 Å². The molecule has 2 aromatic carbocycles. The van der Waals surface area contributed by atoms with Gasteiger partial charge in [0.05, 0.1) is 0 Å². The van der Waals surface area contributed by atoms with Crippen LogP contribution in [-0.2, 0) is 12.8 Å². The Bertz CT molecular complexity index is 711. The second-order valence-electron chi connectivity index (χ2n) is 5.81. The number of nitrogens with two attached hydrogens (primary N) is 1. The minimum atomic E-state index is 0.559. The molecule has 0 bridgehead atoms. The number of nitrogens with one attached hydrogen (secondary N) is 2. The van der Waals surface area contributed by atoms with Crippen LogP contribution in [0.4, 0.5) is 17.3 Å². The highest BCUT2D eigenvalue weighted by molar-refractivity contribution is 5.73. The van der Waals surface area contributed by atoms with Crippen LogP contribution >= 0.6 is 0 Å². The molecule has 128 valence electrons. The maximum Gasteiger partial charge on any atom is 0.154 e. The van der Waals surface area contributed by atoms with Crippen LogP contribution in [0.3, 0.4) is 0 Å². The van der Waals surface area contributed by atoms with E-state index in [1.54, 1.807) is 0 Å². The molecule has 0 aliphatic heterocycles. The Kier molecular flexibility index (Phi) is 5.82. The molecule has 0 aliphatic carbocycles. The summed E-state index contributed by atoms with van der Waals surface area (Å²) >= 11 is 0. The van der Waals surface area contributed by atoms with E-state index >= 15 is 0 Å². The molecule has 1 aromatic heterocycles. The van der Waals surface area contributed by atoms with Gasteiger partial charge in [0.2, 0.25) is 0 Å². The van der Waals surface area contributed by atoms with Gasteiger partial charge in [-0.25, -0.2) is 9.97 Å². The number of nitrogens with zero attached hydrogens (tertiary/aromatic N) is 2. The number of anilines is 3. The van der Waals surface area contributed by atoms with Crippen molar-refractivity contribution in [2.24, 2.45) is 0 Å². The molecule has 0 aliphatic rings. The summed E-state index contributed by atoms with van der Waals surface area (Å²) in [4.78, 5) is 8.50. The maximum atomic E-state index is 6.19. The molecule has 0 saturated heterocycles. The van der Waals surface area contributed by atoms with Crippen LogP contribution < -0.4 is 16.4 Å². The lowest BCUT2D eigenvalue weighted by molar-refractivity contribution is 0.985. The molecular weight excluding hydrogens is 310 g/mol. The van der Waals surface area contributed by atoms with Gasteiger partial charge in [-0.05, 0) is 24.0 Å². The highest BCUT2D eigenvalue weighted by Crippen LogP contribution is 2.22. The summed E-state index contributed by atoms with van der Waals surface area (Å²) in [5, 5.41) is 6.59. The van der Waals surface area contributed by atoms with Gasteiger partial charge in [-0.15, -0.1) is 0 Å². The van der Waals surface area contributed by atoms with Crippen molar-refractivity contribution in [2.75, 3.05) is 29.5 Å². The lowest BCUT2D eigenvalue weighted by atomic mass is 10.1. The van der Waals surface area contributed by atoms with Crippen LogP contribution in [-0.4, -0.2) is 23.1 Å². The molecule has 4 N–H and O–H groups in total. The highest BCUT2D eigenvalue weighted by atomic mass is 15.1. The van der Waals surface area contributed by atoms with Gasteiger partial charge in [-0.3, -0.25) is 0 Å². The van der Waals surface area contributed by atoms with E-state index in [1.165, 1.54) is 17.5 Å². The summed E-state index contributed by atoms with van der Waals surface area (Å²) in [7, 11) is 0. The lowest BCUT2D eigenvalue weighted by Gasteiger charge is -2.12. The van der Waals surface area contributed by atoms with E-state index in [0.29, 0.717) is 17.3 Å². The van der Waals surface area contributed by atoms with Gasteiger partial charge in [0, 0.05) is 13.1 Å². The van der Waals surface area contributed by atoms with E-state index in [9.17, 15) is 0 Å². The maximum absolute atomic E-state index is 6.19. The van der Waals surface area contributed by atoms with Crippen LogP contribution in [0.1, 0.15) is 11.1 Å². The molecule has 3 rings (SSSR count). The first-order valence-corrected chi connectivity index (χ1v) is 8.49. The van der Waals surface area contributed by atoms with Crippen molar-refractivity contribution in [2.45, 2.75) is 12.8 Å². The fourth-order valence-electron chi connectivity index (χ4n) is 2.62. The van der Waals surface area contributed by atoms with Crippen molar-refractivity contribution >= 4 is 17.3 Å². The Balaban J connectivity index is 1.52. The Morgan fingerprint density at radius 1 is 0.680 bits per heavy atom. The van der Waals surface area contributed by atoms with Gasteiger partial charge < -0.3 is 16.4 Å². The normalized spacial score (nSPS) is 10.4. The topological polar surface area (TPSA) is 75.9 Å². The Morgan fingerprint density at radius 3 is 1.56 bits per heavy atom. The summed E-state index contributed by atoms with van der Waals surface area (Å²) in [5.41, 5.74) is 9.31. The first-order chi connectivity index (χ1) is 12.3. The minimum Gasteiger partial charge on any atom is -0.393 e. The van der Waals surface area contributed by atoms with Crippen molar-refractivity contribution in [3.05, 3.63) is 78.1 Å². The Morgan fingerprint density at radius 2 is 1.12 bits per heavy atom. The molecule has 25 heavy (non-hydrogen) atoms. The van der Waals surface area contributed by atoms with Gasteiger partial charge in [0.25, 0.3) is 0 Å². The average molecular weight is 333 g/mol. The Labute approximate surface area is 148 Å². The molecule has 0 amide bonds. The molecule has 0 atom stereocenters. The zero-order valence-electron chi connectivity index (χ0n) is 14.2. The molecule has 5 heteroatoms. The monoisotopic (exact) mass is 333 g/mol. The average Bonchev–Trinajstić information content (AvgIpc) is 2.66. The van der Waals surface area contributed by atoms with Crippen molar-refractivity contribution in [1.29, 1.82) is 0 Å². The SMILES string of the molecule is Nc1c(NCCc2ccccc2)ncnc1NCCc1ccccc1. The number of aromatic nitrogens is 2. The smallest absolute Gasteiger partial charge is 0.154 e. The number of rotatable bonds is 8. The van der Waals surface area contributed by atoms with E-state index in [1.807, 2.05) is 36.4 Å². The van der Waals surface area contributed by atoms with Crippen molar-refractivity contribution in [1.82, 2.24) is 9.97 Å². The third-order valence-corrected chi connectivity index (χ3v) is 3.98. The Hall–Kier alpha value is -3.08. The lowest BCUT2D eigenvalue weighted by Crippen LogP contribution is -2.13. The number of benzene rings is 2. The van der Waals surface area contributed by atoms with E-state index < -0.39 is 0 Å². The largest absolute Gasteiger partial charge is 0.393 e. The van der Waals surface area contributed by atoms with E-state index in [-0.39, 0.29) is 0 Å². The number of nitrogen functional groups attached to an aromatic ring is 1. The minimum absolute atomic E-state index is 0.559. The van der Waals surface area contributed by atoms with Gasteiger partial charge in [-0.1, -0.05) is 60.7 Å².